The Balaban J connectivity index is 1.82. The topological polar surface area (TPSA) is 81.7 Å². The summed E-state index contributed by atoms with van der Waals surface area (Å²) < 4.78 is 10.5. The smallest absolute Gasteiger partial charge is 0.336 e. The number of esters is 2. The van der Waals surface area contributed by atoms with Crippen molar-refractivity contribution in [3.05, 3.63) is 82.7 Å². The van der Waals surface area contributed by atoms with Crippen LogP contribution < -0.4 is 5.32 Å². The number of ketones is 1. The molecule has 2 aliphatic rings. The molecule has 4 rings (SSSR count). The molecular weight excluding hydrogens is 442 g/mol. The molecule has 0 saturated carbocycles. The molecule has 1 aliphatic carbocycles. The van der Waals surface area contributed by atoms with Crippen LogP contribution in [-0.2, 0) is 23.9 Å². The summed E-state index contributed by atoms with van der Waals surface area (Å²) in [7, 11) is 1.29. The van der Waals surface area contributed by atoms with Crippen molar-refractivity contribution in [2.75, 3.05) is 13.7 Å². The average molecular weight is 474 g/mol. The van der Waals surface area contributed by atoms with Gasteiger partial charge in [-0.1, -0.05) is 68.4 Å². The van der Waals surface area contributed by atoms with E-state index in [1.54, 1.807) is 0 Å². The van der Waals surface area contributed by atoms with Crippen LogP contribution in [0.4, 0.5) is 0 Å². The standard InChI is InChI=1S/C29H31NO5/c1-5-15-35-29(33)24-18(3)30-22-16-17(2)23(28(32)34-4)27(31)26(22)25(24)21-13-11-20(12-14-21)19-9-7-6-8-10-19/h6-14,17,23,25,30H,5,15-16H2,1-4H3/t17-,23-,25+/m0/s1. The minimum Gasteiger partial charge on any atom is -0.468 e. The Morgan fingerprint density at radius 2 is 1.69 bits per heavy atom. The third-order valence-corrected chi connectivity index (χ3v) is 6.75. The second-order valence-corrected chi connectivity index (χ2v) is 9.16. The van der Waals surface area contributed by atoms with Crippen molar-refractivity contribution in [3.63, 3.8) is 0 Å². The summed E-state index contributed by atoms with van der Waals surface area (Å²) in [4.78, 5) is 39.5. The van der Waals surface area contributed by atoms with E-state index in [9.17, 15) is 14.4 Å². The molecule has 182 valence electrons. The van der Waals surface area contributed by atoms with E-state index in [0.717, 1.165) is 22.4 Å². The van der Waals surface area contributed by atoms with Crippen molar-refractivity contribution >= 4 is 17.7 Å². The van der Waals surface area contributed by atoms with Crippen molar-refractivity contribution in [2.45, 2.75) is 39.5 Å². The molecule has 6 nitrogen and oxygen atoms in total. The molecule has 35 heavy (non-hydrogen) atoms. The Kier molecular flexibility index (Phi) is 7.20. The van der Waals surface area contributed by atoms with Crippen LogP contribution in [0.3, 0.4) is 0 Å². The van der Waals surface area contributed by atoms with Gasteiger partial charge in [0.15, 0.2) is 5.78 Å². The molecule has 0 radical (unpaired) electrons. The molecular formula is C29H31NO5. The number of benzene rings is 2. The fraction of sp³-hybridized carbons (Fsp3) is 0.345. The monoisotopic (exact) mass is 473 g/mol. The van der Waals surface area contributed by atoms with Gasteiger partial charge >= 0.3 is 11.9 Å². The Morgan fingerprint density at radius 3 is 2.31 bits per heavy atom. The number of carbonyl (C=O) groups excluding carboxylic acids is 3. The lowest BCUT2D eigenvalue weighted by Crippen LogP contribution is -2.43. The van der Waals surface area contributed by atoms with Crippen LogP contribution in [0.25, 0.3) is 11.1 Å². The highest BCUT2D eigenvalue weighted by molar-refractivity contribution is 6.12. The highest BCUT2D eigenvalue weighted by Crippen LogP contribution is 2.45. The number of hydrogen-bond donors (Lipinski definition) is 1. The minimum atomic E-state index is -0.905. The van der Waals surface area contributed by atoms with E-state index in [1.807, 2.05) is 75.4 Å². The van der Waals surface area contributed by atoms with Gasteiger partial charge in [-0.15, -0.1) is 0 Å². The van der Waals surface area contributed by atoms with E-state index >= 15 is 0 Å². The van der Waals surface area contributed by atoms with Gasteiger partial charge in [0.2, 0.25) is 0 Å². The van der Waals surface area contributed by atoms with E-state index < -0.39 is 23.8 Å². The SMILES string of the molecule is CCCOC(=O)C1=C(C)NC2=C(C(=O)[C@@H](C(=O)OC)[C@@H](C)C2)[C@@H]1c1ccc(-c2ccccc2)cc1. The van der Waals surface area contributed by atoms with Crippen LogP contribution in [0.2, 0.25) is 0 Å². The molecule has 0 bridgehead atoms. The number of allylic oxidation sites excluding steroid dienone is 3. The first kappa shape index (κ1) is 24.5. The van der Waals surface area contributed by atoms with Crippen molar-refractivity contribution < 1.29 is 23.9 Å². The maximum Gasteiger partial charge on any atom is 0.336 e. The molecule has 1 heterocycles. The van der Waals surface area contributed by atoms with E-state index in [0.29, 0.717) is 29.7 Å². The number of carbonyl (C=O) groups is 3. The van der Waals surface area contributed by atoms with Gasteiger partial charge in [-0.05, 0) is 42.4 Å². The van der Waals surface area contributed by atoms with Gasteiger partial charge < -0.3 is 14.8 Å². The fourth-order valence-electron chi connectivity index (χ4n) is 5.06. The van der Waals surface area contributed by atoms with Gasteiger partial charge in [-0.3, -0.25) is 9.59 Å². The number of nitrogens with one attached hydrogen (secondary N) is 1. The maximum absolute atomic E-state index is 13.8. The summed E-state index contributed by atoms with van der Waals surface area (Å²) in [6, 6.07) is 17.9. The zero-order chi connectivity index (χ0) is 25.1. The van der Waals surface area contributed by atoms with E-state index in [4.69, 9.17) is 9.47 Å². The van der Waals surface area contributed by atoms with Crippen molar-refractivity contribution in [1.29, 1.82) is 0 Å². The van der Waals surface area contributed by atoms with Crippen LogP contribution in [0, 0.1) is 11.8 Å². The molecule has 0 fully saturated rings. The quantitative estimate of drug-likeness (QED) is 0.474. The Labute approximate surface area is 206 Å². The lowest BCUT2D eigenvalue weighted by atomic mass is 9.69. The Bertz CT molecular complexity index is 1190. The highest BCUT2D eigenvalue weighted by atomic mass is 16.5. The third kappa shape index (κ3) is 4.65. The zero-order valence-electron chi connectivity index (χ0n) is 20.6. The number of dihydropyridines is 1. The largest absolute Gasteiger partial charge is 0.468 e. The van der Waals surface area contributed by atoms with Crippen LogP contribution >= 0.6 is 0 Å². The molecule has 0 unspecified atom stereocenters. The lowest BCUT2D eigenvalue weighted by molar-refractivity contribution is -0.151. The lowest BCUT2D eigenvalue weighted by Gasteiger charge is -2.38. The van der Waals surface area contributed by atoms with Gasteiger partial charge in [0.25, 0.3) is 0 Å². The van der Waals surface area contributed by atoms with Gasteiger partial charge in [0.1, 0.15) is 5.92 Å². The summed E-state index contributed by atoms with van der Waals surface area (Å²) in [5.41, 5.74) is 5.17. The molecule has 0 saturated heterocycles. The molecule has 1 aliphatic heterocycles. The minimum absolute atomic E-state index is 0.219. The molecule has 2 aromatic rings. The van der Waals surface area contributed by atoms with Crippen molar-refractivity contribution in [1.82, 2.24) is 5.32 Å². The Hall–Kier alpha value is -3.67. The fourth-order valence-corrected chi connectivity index (χ4v) is 5.06. The molecule has 0 amide bonds. The molecule has 2 aromatic carbocycles. The highest BCUT2D eigenvalue weighted by Gasteiger charge is 2.47. The Morgan fingerprint density at radius 1 is 1.03 bits per heavy atom. The first-order valence-electron chi connectivity index (χ1n) is 12.0. The van der Waals surface area contributed by atoms with E-state index in [-0.39, 0.29) is 18.3 Å². The third-order valence-electron chi connectivity index (χ3n) is 6.75. The zero-order valence-corrected chi connectivity index (χ0v) is 20.6. The van der Waals surface area contributed by atoms with Crippen molar-refractivity contribution in [3.8, 4) is 11.1 Å². The number of rotatable bonds is 6. The average Bonchev–Trinajstić information content (AvgIpc) is 2.86. The number of ether oxygens (including phenoxy) is 2. The second-order valence-electron chi connectivity index (χ2n) is 9.16. The summed E-state index contributed by atoms with van der Waals surface area (Å²) in [6.45, 7) is 5.93. The van der Waals surface area contributed by atoms with Crippen LogP contribution in [0.1, 0.15) is 45.1 Å². The van der Waals surface area contributed by atoms with E-state index in [1.165, 1.54) is 7.11 Å². The van der Waals surface area contributed by atoms with E-state index in [2.05, 4.69) is 5.32 Å². The number of methoxy groups -OCH3 is 1. The number of Topliss-reactive ketones (excluding diaryl/α,β-unsaturated/α-hetero) is 1. The molecule has 0 aromatic heterocycles. The maximum atomic E-state index is 13.8. The molecule has 6 heteroatoms. The molecule has 3 atom stereocenters. The molecule has 0 spiro atoms. The van der Waals surface area contributed by atoms with Gasteiger partial charge in [-0.25, -0.2) is 4.79 Å². The van der Waals surface area contributed by atoms with Crippen molar-refractivity contribution in [2.24, 2.45) is 11.8 Å². The summed E-state index contributed by atoms with van der Waals surface area (Å²) >= 11 is 0. The number of hydrogen-bond acceptors (Lipinski definition) is 6. The first-order chi connectivity index (χ1) is 16.9. The van der Waals surface area contributed by atoms with Gasteiger partial charge in [0.05, 0.1) is 19.3 Å². The first-order valence-corrected chi connectivity index (χ1v) is 12.0. The predicted octanol–water partition coefficient (Wildman–Crippen LogP) is 4.92. The van der Waals surface area contributed by atoms with Gasteiger partial charge in [-0.2, -0.15) is 0 Å². The van der Waals surface area contributed by atoms with Gasteiger partial charge in [0, 0.05) is 22.9 Å². The summed E-state index contributed by atoms with van der Waals surface area (Å²) in [5.74, 6) is -3.06. The van der Waals surface area contributed by atoms with Crippen LogP contribution in [0.5, 0.6) is 0 Å². The normalized spacial score (nSPS) is 21.8. The summed E-state index contributed by atoms with van der Waals surface area (Å²) in [5, 5.41) is 3.29. The van der Waals surface area contributed by atoms with Crippen LogP contribution in [-0.4, -0.2) is 31.4 Å². The molecule has 1 N–H and O–H groups in total. The van der Waals surface area contributed by atoms with Crippen LogP contribution in [0.15, 0.2) is 77.1 Å². The summed E-state index contributed by atoms with van der Waals surface area (Å²) in [6.07, 6.45) is 1.20. The second kappa shape index (κ2) is 10.3. The predicted molar refractivity (Wildman–Crippen MR) is 133 cm³/mol.